The molecule has 1 rings (SSSR count). The van der Waals surface area contributed by atoms with Crippen LogP contribution in [0.15, 0.2) is 23.1 Å². The predicted molar refractivity (Wildman–Crippen MR) is 58.5 cm³/mol. The molecule has 0 bridgehead atoms. The molecule has 0 saturated heterocycles. The van der Waals surface area contributed by atoms with E-state index >= 15 is 0 Å². The zero-order chi connectivity index (χ0) is 12.3. The Morgan fingerprint density at radius 2 is 2.06 bits per heavy atom. The van der Waals surface area contributed by atoms with Crippen molar-refractivity contribution in [1.29, 1.82) is 0 Å². The van der Waals surface area contributed by atoms with Gasteiger partial charge < -0.3 is 0 Å². The van der Waals surface area contributed by atoms with E-state index in [4.69, 9.17) is 5.14 Å². The molecule has 0 aliphatic rings. The number of rotatable bonds is 4. The van der Waals surface area contributed by atoms with Gasteiger partial charge in [-0.3, -0.25) is 10.1 Å². The number of nitrogens with two attached hydrogens (primary N) is 1. The third kappa shape index (κ3) is 2.56. The highest BCUT2D eigenvalue weighted by Crippen LogP contribution is 2.27. The van der Waals surface area contributed by atoms with Crippen molar-refractivity contribution in [1.82, 2.24) is 0 Å². The number of hydrogen-bond donors (Lipinski definition) is 1. The highest BCUT2D eigenvalue weighted by atomic mass is 32.2. The average molecular weight is 244 g/mol. The quantitative estimate of drug-likeness (QED) is 0.634. The number of aryl methyl sites for hydroxylation is 1. The SMILES string of the molecule is CCCc1cccc(S(N)(=O)=O)c1[N+](=O)[O-]. The predicted octanol–water partition coefficient (Wildman–Crippen LogP) is 1.19. The maximum atomic E-state index is 11.2. The summed E-state index contributed by atoms with van der Waals surface area (Å²) in [6.45, 7) is 1.85. The van der Waals surface area contributed by atoms with Crippen LogP contribution in [0.4, 0.5) is 5.69 Å². The van der Waals surface area contributed by atoms with Crippen LogP contribution in [-0.2, 0) is 16.4 Å². The lowest BCUT2D eigenvalue weighted by Crippen LogP contribution is -2.15. The minimum atomic E-state index is -4.06. The van der Waals surface area contributed by atoms with Crippen LogP contribution in [0.5, 0.6) is 0 Å². The van der Waals surface area contributed by atoms with Gasteiger partial charge in [0, 0.05) is 5.56 Å². The summed E-state index contributed by atoms with van der Waals surface area (Å²) >= 11 is 0. The van der Waals surface area contributed by atoms with Gasteiger partial charge >= 0.3 is 0 Å². The van der Waals surface area contributed by atoms with Crippen molar-refractivity contribution in [3.63, 3.8) is 0 Å². The minimum Gasteiger partial charge on any atom is -0.258 e. The van der Waals surface area contributed by atoms with Crippen LogP contribution in [-0.4, -0.2) is 13.3 Å². The molecule has 88 valence electrons. The van der Waals surface area contributed by atoms with Gasteiger partial charge in [0.1, 0.15) is 0 Å². The van der Waals surface area contributed by atoms with Gasteiger partial charge in [0.2, 0.25) is 10.0 Å². The Hall–Kier alpha value is -1.47. The van der Waals surface area contributed by atoms with Crippen LogP contribution >= 0.6 is 0 Å². The van der Waals surface area contributed by atoms with Crippen molar-refractivity contribution in [2.45, 2.75) is 24.7 Å². The molecule has 1 aromatic rings. The molecular formula is C9H12N2O4S. The Morgan fingerprint density at radius 1 is 1.44 bits per heavy atom. The van der Waals surface area contributed by atoms with Crippen LogP contribution in [0, 0.1) is 10.1 Å². The summed E-state index contributed by atoms with van der Waals surface area (Å²) in [5.74, 6) is 0. The maximum Gasteiger partial charge on any atom is 0.292 e. The standard InChI is InChI=1S/C9H12N2O4S/c1-2-4-7-5-3-6-8(16(10,14)15)9(7)11(12)13/h3,5-6H,2,4H2,1H3,(H2,10,14,15). The number of nitro groups is 1. The third-order valence-corrected chi connectivity index (χ3v) is 3.03. The second-order valence-corrected chi connectivity index (χ2v) is 4.85. The Balaban J connectivity index is 3.51. The molecule has 2 N–H and O–H groups in total. The van der Waals surface area contributed by atoms with Crippen molar-refractivity contribution >= 4 is 15.7 Å². The van der Waals surface area contributed by atoms with E-state index in [0.29, 0.717) is 18.4 Å². The molecular weight excluding hydrogens is 232 g/mol. The number of benzene rings is 1. The van der Waals surface area contributed by atoms with E-state index in [0.717, 1.165) is 6.07 Å². The van der Waals surface area contributed by atoms with E-state index in [1.54, 1.807) is 0 Å². The summed E-state index contributed by atoms with van der Waals surface area (Å²) in [7, 11) is -4.06. The van der Waals surface area contributed by atoms with Gasteiger partial charge in [-0.2, -0.15) is 0 Å². The molecule has 0 heterocycles. The zero-order valence-electron chi connectivity index (χ0n) is 8.71. The van der Waals surface area contributed by atoms with E-state index in [2.05, 4.69) is 0 Å². The highest BCUT2D eigenvalue weighted by molar-refractivity contribution is 7.89. The van der Waals surface area contributed by atoms with Gasteiger partial charge in [-0.15, -0.1) is 0 Å². The zero-order valence-corrected chi connectivity index (χ0v) is 9.53. The van der Waals surface area contributed by atoms with Gasteiger partial charge in [0.15, 0.2) is 4.90 Å². The second kappa shape index (κ2) is 4.58. The first-order valence-electron chi connectivity index (χ1n) is 4.67. The van der Waals surface area contributed by atoms with Crippen molar-refractivity contribution in [3.8, 4) is 0 Å². The number of para-hydroxylation sites is 1. The van der Waals surface area contributed by atoms with E-state index in [-0.39, 0.29) is 0 Å². The fourth-order valence-corrected chi connectivity index (χ4v) is 2.22. The molecule has 0 amide bonds. The summed E-state index contributed by atoms with van der Waals surface area (Å²) in [5.41, 5.74) is -0.0223. The van der Waals surface area contributed by atoms with Crippen molar-refractivity contribution in [2.75, 3.05) is 0 Å². The van der Waals surface area contributed by atoms with Crippen molar-refractivity contribution in [3.05, 3.63) is 33.9 Å². The van der Waals surface area contributed by atoms with Crippen LogP contribution < -0.4 is 5.14 Å². The average Bonchev–Trinajstić information content (AvgIpc) is 2.16. The second-order valence-electron chi connectivity index (χ2n) is 3.32. The van der Waals surface area contributed by atoms with E-state index in [1.807, 2.05) is 6.92 Å². The lowest BCUT2D eigenvalue weighted by Gasteiger charge is -2.05. The van der Waals surface area contributed by atoms with Gasteiger partial charge in [0.25, 0.3) is 5.69 Å². The fraction of sp³-hybridized carbons (Fsp3) is 0.333. The third-order valence-electron chi connectivity index (χ3n) is 2.09. The summed E-state index contributed by atoms with van der Waals surface area (Å²) in [5, 5.41) is 15.8. The molecule has 0 aliphatic heterocycles. The van der Waals surface area contributed by atoms with E-state index < -0.39 is 25.5 Å². The first kappa shape index (κ1) is 12.6. The normalized spacial score (nSPS) is 11.4. The molecule has 0 unspecified atom stereocenters. The molecule has 7 heteroatoms. The summed E-state index contributed by atoms with van der Waals surface area (Å²) in [4.78, 5) is 9.72. The molecule has 16 heavy (non-hydrogen) atoms. The van der Waals surface area contributed by atoms with Gasteiger partial charge in [-0.1, -0.05) is 25.5 Å². The first-order chi connectivity index (χ1) is 7.38. The minimum absolute atomic E-state index is 0.388. The largest absolute Gasteiger partial charge is 0.292 e. The van der Waals surface area contributed by atoms with Gasteiger partial charge in [0.05, 0.1) is 4.92 Å². The molecule has 0 aliphatic carbocycles. The topological polar surface area (TPSA) is 103 Å². The number of sulfonamides is 1. The summed E-state index contributed by atoms with van der Waals surface area (Å²) in [6.07, 6.45) is 1.13. The van der Waals surface area contributed by atoms with Gasteiger partial charge in [-0.05, 0) is 12.5 Å². The molecule has 1 aromatic carbocycles. The summed E-state index contributed by atoms with van der Waals surface area (Å²) in [6, 6.07) is 4.14. The summed E-state index contributed by atoms with van der Waals surface area (Å²) < 4.78 is 22.4. The first-order valence-corrected chi connectivity index (χ1v) is 6.21. The Kier molecular flexibility index (Phi) is 3.61. The van der Waals surface area contributed by atoms with Crippen LogP contribution in [0.2, 0.25) is 0 Å². The maximum absolute atomic E-state index is 11.2. The number of primary sulfonamides is 1. The lowest BCUT2D eigenvalue weighted by molar-refractivity contribution is -0.388. The smallest absolute Gasteiger partial charge is 0.258 e. The molecule has 0 saturated carbocycles. The fourth-order valence-electron chi connectivity index (χ4n) is 1.48. The molecule has 0 fully saturated rings. The van der Waals surface area contributed by atoms with E-state index in [9.17, 15) is 18.5 Å². The van der Waals surface area contributed by atoms with Crippen LogP contribution in [0.25, 0.3) is 0 Å². The number of hydrogen-bond acceptors (Lipinski definition) is 4. The lowest BCUT2D eigenvalue weighted by atomic mass is 10.1. The Labute approximate surface area is 93.3 Å². The molecule has 0 atom stereocenters. The van der Waals surface area contributed by atoms with Crippen molar-refractivity contribution in [2.24, 2.45) is 5.14 Å². The Bertz CT molecular complexity index is 510. The van der Waals surface area contributed by atoms with Crippen LogP contribution in [0.1, 0.15) is 18.9 Å². The van der Waals surface area contributed by atoms with Gasteiger partial charge in [-0.25, -0.2) is 13.6 Å². The van der Waals surface area contributed by atoms with Crippen molar-refractivity contribution < 1.29 is 13.3 Å². The highest BCUT2D eigenvalue weighted by Gasteiger charge is 2.25. The molecule has 0 aromatic heterocycles. The molecule has 6 nitrogen and oxygen atoms in total. The number of nitro benzene ring substituents is 1. The number of nitrogens with zero attached hydrogens (tertiary/aromatic N) is 1. The van der Waals surface area contributed by atoms with Crippen LogP contribution in [0.3, 0.4) is 0 Å². The van der Waals surface area contributed by atoms with E-state index in [1.165, 1.54) is 12.1 Å². The molecule has 0 radical (unpaired) electrons. The monoisotopic (exact) mass is 244 g/mol. The Morgan fingerprint density at radius 3 is 2.50 bits per heavy atom. The molecule has 0 spiro atoms.